The fourth-order valence-electron chi connectivity index (χ4n) is 2.15. The first-order valence-electron chi connectivity index (χ1n) is 6.02. The molecule has 1 aliphatic rings. The largest absolute Gasteiger partial charge is 0.321 e. The van der Waals surface area contributed by atoms with Crippen LogP contribution in [-0.4, -0.2) is 18.9 Å². The van der Waals surface area contributed by atoms with Gasteiger partial charge in [0.25, 0.3) is 0 Å². The van der Waals surface area contributed by atoms with Crippen molar-refractivity contribution in [3.05, 3.63) is 34.1 Å². The van der Waals surface area contributed by atoms with Gasteiger partial charge in [-0.1, -0.05) is 15.9 Å². The maximum atomic E-state index is 13.9. The van der Waals surface area contributed by atoms with E-state index in [1.807, 2.05) is 6.07 Å². The second-order valence-electron chi connectivity index (χ2n) is 5.41. The van der Waals surface area contributed by atoms with Gasteiger partial charge >= 0.3 is 0 Å². The van der Waals surface area contributed by atoms with E-state index in [9.17, 15) is 12.8 Å². The van der Waals surface area contributed by atoms with E-state index in [2.05, 4.69) is 15.9 Å². The average Bonchev–Trinajstić information content (AvgIpc) is 3.12. The van der Waals surface area contributed by atoms with E-state index in [0.717, 1.165) is 0 Å². The van der Waals surface area contributed by atoms with E-state index in [1.54, 1.807) is 0 Å². The predicted octanol–water partition coefficient (Wildman–Crippen LogP) is 2.23. The van der Waals surface area contributed by atoms with Gasteiger partial charge in [0.2, 0.25) is 0 Å². The zero-order chi connectivity index (χ0) is 15.2. The van der Waals surface area contributed by atoms with Gasteiger partial charge in [-0.3, -0.25) is 0 Å². The molecule has 1 aromatic carbocycles. The van der Waals surface area contributed by atoms with Crippen molar-refractivity contribution < 1.29 is 12.8 Å². The van der Waals surface area contributed by atoms with Gasteiger partial charge in [-0.2, -0.15) is 5.26 Å². The highest BCUT2D eigenvalue weighted by Gasteiger charge is 2.56. The van der Waals surface area contributed by atoms with E-state index in [1.165, 1.54) is 25.1 Å². The summed E-state index contributed by atoms with van der Waals surface area (Å²) >= 11 is 3.21. The normalized spacial score (nSPS) is 19.9. The molecule has 1 atom stereocenters. The molecule has 0 radical (unpaired) electrons. The van der Waals surface area contributed by atoms with Gasteiger partial charge in [0.1, 0.15) is 5.82 Å². The molecule has 0 amide bonds. The lowest BCUT2D eigenvalue weighted by molar-refractivity contribution is 0.490. The Hall–Kier alpha value is -0.970. The predicted molar refractivity (Wildman–Crippen MR) is 77.0 cm³/mol. The summed E-state index contributed by atoms with van der Waals surface area (Å²) in [5.74, 6) is -1.02. The number of halogens is 2. The number of hydrogen-bond acceptors (Lipinski definition) is 4. The minimum atomic E-state index is -3.70. The van der Waals surface area contributed by atoms with E-state index < -0.39 is 31.7 Å². The summed E-state index contributed by atoms with van der Waals surface area (Å²) < 4.78 is 37.8. The highest BCUT2D eigenvalue weighted by molar-refractivity contribution is 9.10. The van der Waals surface area contributed by atoms with Crippen LogP contribution in [0.15, 0.2) is 22.7 Å². The minimum Gasteiger partial charge on any atom is -0.321 e. The molecule has 4 nitrogen and oxygen atoms in total. The van der Waals surface area contributed by atoms with Crippen molar-refractivity contribution in [3.63, 3.8) is 0 Å². The van der Waals surface area contributed by atoms with Crippen LogP contribution in [0.25, 0.3) is 0 Å². The standard InChI is InChI=1S/C13H14BrFN2O2S/c1-12(17,10-6-9(14)2-3-11(10)15)8-20(18,19)13(7-16)4-5-13/h2-3,6H,4-5,8,17H2,1H3/t12-/m0/s1. The van der Waals surface area contributed by atoms with Gasteiger partial charge in [-0.25, -0.2) is 12.8 Å². The second-order valence-corrected chi connectivity index (χ2v) is 8.62. The molecule has 0 saturated heterocycles. The van der Waals surface area contributed by atoms with E-state index >= 15 is 0 Å². The fourth-order valence-corrected chi connectivity index (χ4v) is 4.60. The van der Waals surface area contributed by atoms with Crippen LogP contribution in [0.1, 0.15) is 25.3 Å². The number of nitriles is 1. The first kappa shape index (κ1) is 15.4. The van der Waals surface area contributed by atoms with Crippen LogP contribution in [0.2, 0.25) is 0 Å². The third-order valence-corrected chi connectivity index (χ3v) is 6.70. The lowest BCUT2D eigenvalue weighted by Gasteiger charge is -2.26. The van der Waals surface area contributed by atoms with Crippen LogP contribution in [0.3, 0.4) is 0 Å². The Morgan fingerprint density at radius 1 is 1.55 bits per heavy atom. The van der Waals surface area contributed by atoms with Gasteiger partial charge in [0.05, 0.1) is 17.4 Å². The van der Waals surface area contributed by atoms with Gasteiger partial charge in [0.15, 0.2) is 14.6 Å². The highest BCUT2D eigenvalue weighted by Crippen LogP contribution is 2.45. The first-order valence-corrected chi connectivity index (χ1v) is 8.46. The Kier molecular flexibility index (Phi) is 3.70. The Balaban J connectivity index is 2.37. The summed E-state index contributed by atoms with van der Waals surface area (Å²) in [4.78, 5) is 0. The quantitative estimate of drug-likeness (QED) is 0.891. The summed E-state index contributed by atoms with van der Waals surface area (Å²) in [6.45, 7) is 1.46. The SMILES string of the molecule is C[C@](N)(CS(=O)(=O)C1(C#N)CC1)c1cc(Br)ccc1F. The molecular formula is C13H14BrFN2O2S. The Labute approximate surface area is 125 Å². The Morgan fingerprint density at radius 2 is 2.15 bits per heavy atom. The summed E-state index contributed by atoms with van der Waals surface area (Å²) in [6.07, 6.45) is 0.645. The number of nitrogens with two attached hydrogens (primary N) is 1. The molecule has 108 valence electrons. The van der Waals surface area contributed by atoms with Crippen molar-refractivity contribution >= 4 is 25.8 Å². The van der Waals surface area contributed by atoms with E-state index in [-0.39, 0.29) is 5.56 Å². The smallest absolute Gasteiger partial charge is 0.171 e. The molecule has 2 N–H and O–H groups in total. The molecule has 7 heteroatoms. The Bertz CT molecular complexity index is 691. The molecule has 1 saturated carbocycles. The molecule has 0 heterocycles. The lowest BCUT2D eigenvalue weighted by atomic mass is 9.95. The number of nitrogens with zero attached hydrogens (tertiary/aromatic N) is 1. The van der Waals surface area contributed by atoms with Crippen LogP contribution >= 0.6 is 15.9 Å². The maximum absolute atomic E-state index is 13.9. The van der Waals surface area contributed by atoms with Crippen LogP contribution < -0.4 is 5.73 Å². The average molecular weight is 361 g/mol. The van der Waals surface area contributed by atoms with Crippen LogP contribution in [0.5, 0.6) is 0 Å². The topological polar surface area (TPSA) is 84.0 Å². The second kappa shape index (κ2) is 4.79. The van der Waals surface area contributed by atoms with Gasteiger partial charge in [-0.05, 0) is 38.0 Å². The molecule has 1 aromatic rings. The Morgan fingerprint density at radius 3 is 2.65 bits per heavy atom. The fraction of sp³-hybridized carbons (Fsp3) is 0.462. The molecule has 0 aliphatic heterocycles. The van der Waals surface area contributed by atoms with Crippen LogP contribution in [-0.2, 0) is 15.4 Å². The number of rotatable bonds is 4. The van der Waals surface area contributed by atoms with Crippen LogP contribution in [0.4, 0.5) is 4.39 Å². The molecule has 1 aliphatic carbocycles. The summed E-state index contributed by atoms with van der Waals surface area (Å²) in [5.41, 5.74) is 4.75. The summed E-state index contributed by atoms with van der Waals surface area (Å²) in [5, 5.41) is 9.01. The number of benzene rings is 1. The van der Waals surface area contributed by atoms with Crippen molar-refractivity contribution in [2.75, 3.05) is 5.75 Å². The zero-order valence-corrected chi connectivity index (χ0v) is 13.3. The molecule has 0 aromatic heterocycles. The van der Waals surface area contributed by atoms with Crippen molar-refractivity contribution in [1.29, 1.82) is 5.26 Å². The van der Waals surface area contributed by atoms with Crippen molar-refractivity contribution in [1.82, 2.24) is 0 Å². The lowest BCUT2D eigenvalue weighted by Crippen LogP contribution is -2.44. The first-order chi connectivity index (χ1) is 9.13. The van der Waals surface area contributed by atoms with Gasteiger partial charge < -0.3 is 5.73 Å². The summed E-state index contributed by atoms with van der Waals surface area (Å²) in [6, 6.07) is 6.06. The molecular weight excluding hydrogens is 347 g/mol. The van der Waals surface area contributed by atoms with Crippen molar-refractivity contribution in [2.24, 2.45) is 5.73 Å². The molecule has 0 bridgehead atoms. The van der Waals surface area contributed by atoms with Crippen molar-refractivity contribution in [2.45, 2.75) is 30.1 Å². The monoisotopic (exact) mass is 360 g/mol. The third-order valence-electron chi connectivity index (χ3n) is 3.54. The zero-order valence-electron chi connectivity index (χ0n) is 10.9. The van der Waals surface area contributed by atoms with Gasteiger partial charge in [-0.15, -0.1) is 0 Å². The number of sulfone groups is 1. The third kappa shape index (κ3) is 2.60. The van der Waals surface area contributed by atoms with Crippen molar-refractivity contribution in [3.8, 4) is 6.07 Å². The molecule has 1 fully saturated rings. The maximum Gasteiger partial charge on any atom is 0.171 e. The minimum absolute atomic E-state index is 0.115. The van der Waals surface area contributed by atoms with Crippen LogP contribution in [0, 0.1) is 17.1 Å². The highest BCUT2D eigenvalue weighted by atomic mass is 79.9. The molecule has 20 heavy (non-hydrogen) atoms. The van der Waals surface area contributed by atoms with Gasteiger partial charge in [0, 0.05) is 10.0 Å². The molecule has 0 spiro atoms. The summed E-state index contributed by atoms with van der Waals surface area (Å²) in [7, 11) is -3.70. The molecule has 2 rings (SSSR count). The van der Waals surface area contributed by atoms with E-state index in [0.29, 0.717) is 17.3 Å². The van der Waals surface area contributed by atoms with E-state index in [4.69, 9.17) is 11.0 Å². The molecule has 0 unspecified atom stereocenters. The number of hydrogen-bond donors (Lipinski definition) is 1.